The molecule has 0 saturated heterocycles. The van der Waals surface area contributed by atoms with Crippen molar-refractivity contribution in [3.8, 4) is 11.1 Å². The molecular weight excluding hydrogens is 418 g/mol. The molecule has 0 aliphatic carbocycles. The van der Waals surface area contributed by atoms with Crippen molar-refractivity contribution in [3.05, 3.63) is 132 Å². The highest BCUT2D eigenvalue weighted by Crippen LogP contribution is 2.23. The van der Waals surface area contributed by atoms with E-state index in [4.69, 9.17) is 0 Å². The zero-order chi connectivity index (χ0) is 23.6. The van der Waals surface area contributed by atoms with Crippen LogP contribution >= 0.6 is 0 Å². The van der Waals surface area contributed by atoms with Crippen molar-refractivity contribution in [3.63, 3.8) is 0 Å². The quantitative estimate of drug-likeness (QED) is 0.273. The zero-order valence-corrected chi connectivity index (χ0v) is 19.4. The number of benzene rings is 4. The van der Waals surface area contributed by atoms with Gasteiger partial charge in [0.15, 0.2) is 0 Å². The van der Waals surface area contributed by atoms with Gasteiger partial charge in [-0.3, -0.25) is 9.69 Å². The third-order valence-corrected chi connectivity index (χ3v) is 6.20. The molecule has 0 fully saturated rings. The Hall–Kier alpha value is -3.69. The first-order valence-corrected chi connectivity index (χ1v) is 11.9. The summed E-state index contributed by atoms with van der Waals surface area (Å²) in [6.07, 6.45) is 1.57. The summed E-state index contributed by atoms with van der Waals surface area (Å²) in [7, 11) is 0. The average molecular weight is 450 g/mol. The van der Waals surface area contributed by atoms with Gasteiger partial charge in [0.05, 0.1) is 0 Å². The largest absolute Gasteiger partial charge is 0.481 e. The van der Waals surface area contributed by atoms with Gasteiger partial charge < -0.3 is 5.11 Å². The number of hydrogen-bond acceptors (Lipinski definition) is 2. The highest BCUT2D eigenvalue weighted by Gasteiger charge is 2.21. The molecule has 4 aromatic carbocycles. The predicted molar refractivity (Wildman–Crippen MR) is 138 cm³/mol. The van der Waals surface area contributed by atoms with Crippen LogP contribution < -0.4 is 0 Å². The van der Waals surface area contributed by atoms with Crippen LogP contribution in [0.5, 0.6) is 0 Å². The topological polar surface area (TPSA) is 40.5 Å². The Balaban J connectivity index is 1.58. The van der Waals surface area contributed by atoms with Crippen molar-refractivity contribution in [2.75, 3.05) is 0 Å². The Morgan fingerprint density at radius 3 is 1.59 bits per heavy atom. The summed E-state index contributed by atoms with van der Waals surface area (Å²) in [5.41, 5.74) is 6.08. The van der Waals surface area contributed by atoms with Gasteiger partial charge in [-0.25, -0.2) is 0 Å². The molecule has 1 atom stereocenters. The maximum absolute atomic E-state index is 11.5. The number of nitrogens with zero attached hydrogens (tertiary/aromatic N) is 1. The number of aliphatic carboxylic acids is 1. The van der Waals surface area contributed by atoms with Crippen molar-refractivity contribution in [2.45, 2.75) is 38.4 Å². The van der Waals surface area contributed by atoms with Crippen LogP contribution in [0.3, 0.4) is 0 Å². The number of carbonyl (C=O) groups is 1. The summed E-state index contributed by atoms with van der Waals surface area (Å²) in [5, 5.41) is 9.43. The van der Waals surface area contributed by atoms with E-state index >= 15 is 0 Å². The molecule has 3 heteroatoms. The monoisotopic (exact) mass is 449 g/mol. The molecule has 0 heterocycles. The third-order valence-electron chi connectivity index (χ3n) is 6.20. The molecule has 172 valence electrons. The lowest BCUT2D eigenvalue weighted by atomic mass is 9.96. The van der Waals surface area contributed by atoms with Crippen molar-refractivity contribution in [1.29, 1.82) is 0 Å². The molecule has 0 aliphatic heterocycles. The fourth-order valence-corrected chi connectivity index (χ4v) is 4.39. The van der Waals surface area contributed by atoms with Crippen molar-refractivity contribution in [2.24, 2.45) is 0 Å². The first-order valence-electron chi connectivity index (χ1n) is 11.9. The van der Waals surface area contributed by atoms with Crippen LogP contribution in [0, 0.1) is 0 Å². The lowest BCUT2D eigenvalue weighted by Gasteiger charge is -2.32. The molecule has 0 amide bonds. The molecule has 1 N–H and O–H groups in total. The van der Waals surface area contributed by atoms with Gasteiger partial charge in [0.1, 0.15) is 0 Å². The Morgan fingerprint density at radius 2 is 1.09 bits per heavy atom. The first-order chi connectivity index (χ1) is 16.7. The summed E-state index contributed by atoms with van der Waals surface area (Å²) in [6.45, 7) is 1.56. The summed E-state index contributed by atoms with van der Waals surface area (Å²) < 4.78 is 0. The lowest BCUT2D eigenvalue weighted by molar-refractivity contribution is -0.137. The van der Waals surface area contributed by atoms with Crippen LogP contribution in [0.2, 0.25) is 0 Å². The zero-order valence-electron chi connectivity index (χ0n) is 19.4. The van der Waals surface area contributed by atoms with E-state index in [0.717, 1.165) is 19.5 Å². The van der Waals surface area contributed by atoms with E-state index in [1.165, 1.54) is 27.8 Å². The Morgan fingerprint density at radius 1 is 0.618 bits per heavy atom. The van der Waals surface area contributed by atoms with Gasteiger partial charge in [-0.1, -0.05) is 115 Å². The summed E-state index contributed by atoms with van der Waals surface area (Å²) in [4.78, 5) is 13.9. The molecule has 0 aliphatic rings. The normalized spacial score (nSPS) is 11.9. The Labute approximate surface area is 202 Å². The predicted octanol–water partition coefficient (Wildman–Crippen LogP) is 6.83. The van der Waals surface area contributed by atoms with Crippen LogP contribution in [0.25, 0.3) is 11.1 Å². The van der Waals surface area contributed by atoms with E-state index in [1.807, 2.05) is 18.2 Å². The van der Waals surface area contributed by atoms with Crippen molar-refractivity contribution < 1.29 is 9.90 Å². The van der Waals surface area contributed by atoms with E-state index in [2.05, 4.69) is 102 Å². The lowest BCUT2D eigenvalue weighted by Crippen LogP contribution is -2.36. The number of rotatable bonds is 11. The van der Waals surface area contributed by atoms with Crippen LogP contribution in [-0.2, 0) is 24.3 Å². The van der Waals surface area contributed by atoms with E-state index in [0.29, 0.717) is 6.42 Å². The molecule has 34 heavy (non-hydrogen) atoms. The smallest absolute Gasteiger partial charge is 0.303 e. The molecular formula is C31H31NO2. The van der Waals surface area contributed by atoms with Crippen molar-refractivity contribution >= 4 is 5.97 Å². The number of carboxylic acid groups (broad SMARTS) is 1. The molecule has 0 saturated carbocycles. The average Bonchev–Trinajstić information content (AvgIpc) is 2.88. The minimum atomic E-state index is -0.746. The van der Waals surface area contributed by atoms with Gasteiger partial charge in [-0.15, -0.1) is 0 Å². The highest BCUT2D eigenvalue weighted by molar-refractivity contribution is 5.66. The fourth-order valence-electron chi connectivity index (χ4n) is 4.39. The minimum absolute atomic E-state index is 0.110. The first kappa shape index (κ1) is 23.5. The maximum Gasteiger partial charge on any atom is 0.303 e. The molecule has 0 spiro atoms. The second-order valence-corrected chi connectivity index (χ2v) is 8.73. The summed E-state index contributed by atoms with van der Waals surface area (Å²) >= 11 is 0. The van der Waals surface area contributed by atoms with Gasteiger partial charge in [-0.05, 0) is 40.7 Å². The van der Waals surface area contributed by atoms with Gasteiger partial charge in [0.2, 0.25) is 0 Å². The van der Waals surface area contributed by atoms with Gasteiger partial charge in [0.25, 0.3) is 0 Å². The van der Waals surface area contributed by atoms with Crippen LogP contribution in [-0.4, -0.2) is 22.0 Å². The van der Waals surface area contributed by atoms with Gasteiger partial charge in [0, 0.05) is 25.6 Å². The van der Waals surface area contributed by atoms with E-state index in [-0.39, 0.29) is 12.5 Å². The maximum atomic E-state index is 11.5. The van der Waals surface area contributed by atoms with E-state index in [1.54, 1.807) is 0 Å². The molecule has 0 aromatic heterocycles. The Bertz CT molecular complexity index is 1100. The molecule has 3 nitrogen and oxygen atoms in total. The molecule has 0 unspecified atom stereocenters. The number of carboxylic acids is 1. The Kier molecular flexibility index (Phi) is 8.26. The second kappa shape index (κ2) is 12.0. The van der Waals surface area contributed by atoms with Crippen LogP contribution in [0.1, 0.15) is 29.5 Å². The SMILES string of the molecule is O=C(O)CC[C@@H](Cc1ccc(-c2ccccc2)cc1)N(Cc1ccccc1)Cc1ccccc1. The standard InChI is InChI=1S/C31H31NO2/c33-31(34)21-20-30(22-25-16-18-29(19-17-25)28-14-8-3-9-15-28)32(23-26-10-4-1-5-11-26)24-27-12-6-2-7-13-27/h1-19,30H,20-24H2,(H,33,34)/t30-/m0/s1. The van der Waals surface area contributed by atoms with Crippen molar-refractivity contribution in [1.82, 2.24) is 4.90 Å². The summed E-state index contributed by atoms with van der Waals surface area (Å²) in [5.74, 6) is -0.746. The highest BCUT2D eigenvalue weighted by atomic mass is 16.4. The molecule has 4 rings (SSSR count). The van der Waals surface area contributed by atoms with E-state index in [9.17, 15) is 9.90 Å². The molecule has 0 bridgehead atoms. The van der Waals surface area contributed by atoms with Gasteiger partial charge in [-0.2, -0.15) is 0 Å². The third kappa shape index (κ3) is 6.90. The second-order valence-electron chi connectivity index (χ2n) is 8.73. The molecule has 4 aromatic rings. The number of hydrogen-bond donors (Lipinski definition) is 1. The van der Waals surface area contributed by atoms with E-state index < -0.39 is 5.97 Å². The summed E-state index contributed by atoms with van der Waals surface area (Å²) in [6, 6.07) is 40.0. The van der Waals surface area contributed by atoms with Gasteiger partial charge >= 0.3 is 5.97 Å². The minimum Gasteiger partial charge on any atom is -0.481 e. The molecule has 0 radical (unpaired) electrons. The van der Waals surface area contributed by atoms with Crippen LogP contribution in [0.15, 0.2) is 115 Å². The van der Waals surface area contributed by atoms with Crippen LogP contribution in [0.4, 0.5) is 0 Å². The fraction of sp³-hybridized carbons (Fsp3) is 0.194.